The first-order valence-corrected chi connectivity index (χ1v) is 6.35. The van der Waals surface area contributed by atoms with E-state index in [9.17, 15) is 9.59 Å². The molecule has 0 aromatic rings. The average molecular weight is 258 g/mol. The number of hydrogen-bond donors (Lipinski definition) is 2. The van der Waals surface area contributed by atoms with Crippen LogP contribution in [0.4, 0.5) is 0 Å². The van der Waals surface area contributed by atoms with Crippen LogP contribution in [-0.2, 0) is 14.3 Å². The second-order valence-corrected chi connectivity index (χ2v) is 4.58. The van der Waals surface area contributed by atoms with Crippen LogP contribution in [-0.4, -0.2) is 61.3 Å². The number of carboxylic acid groups (broad SMARTS) is 1. The Labute approximate surface area is 107 Å². The van der Waals surface area contributed by atoms with Gasteiger partial charge in [-0.1, -0.05) is 12.8 Å². The predicted octanol–water partition coefficient (Wildman–Crippen LogP) is 0.0782. The van der Waals surface area contributed by atoms with Crippen molar-refractivity contribution < 1.29 is 19.4 Å². The Morgan fingerprint density at radius 2 is 2.00 bits per heavy atom. The van der Waals surface area contributed by atoms with Crippen LogP contribution in [0, 0.1) is 0 Å². The molecule has 18 heavy (non-hydrogen) atoms. The second kappa shape index (κ2) is 8.05. The van der Waals surface area contributed by atoms with Gasteiger partial charge in [-0.15, -0.1) is 0 Å². The van der Waals surface area contributed by atoms with Crippen LogP contribution < -0.4 is 5.32 Å². The van der Waals surface area contributed by atoms with Gasteiger partial charge in [-0.05, 0) is 12.8 Å². The third-order valence-electron chi connectivity index (χ3n) is 3.15. The summed E-state index contributed by atoms with van der Waals surface area (Å²) in [6, 6.07) is 0.231. The zero-order valence-corrected chi connectivity index (χ0v) is 10.9. The van der Waals surface area contributed by atoms with Gasteiger partial charge in [0.15, 0.2) is 0 Å². The number of methoxy groups -OCH3 is 1. The molecule has 0 aliphatic heterocycles. The zero-order chi connectivity index (χ0) is 13.4. The van der Waals surface area contributed by atoms with Gasteiger partial charge in [0.2, 0.25) is 5.91 Å². The molecule has 0 bridgehead atoms. The number of ether oxygens (including phenoxy) is 1. The average Bonchev–Trinajstić information content (AvgIpc) is 2.81. The van der Waals surface area contributed by atoms with Gasteiger partial charge in [0.1, 0.15) is 0 Å². The number of rotatable bonds is 8. The van der Waals surface area contributed by atoms with Gasteiger partial charge in [0, 0.05) is 19.7 Å². The molecule has 0 unspecified atom stereocenters. The highest BCUT2D eigenvalue weighted by Crippen LogP contribution is 2.22. The van der Waals surface area contributed by atoms with E-state index >= 15 is 0 Å². The van der Waals surface area contributed by atoms with Crippen molar-refractivity contribution in [2.45, 2.75) is 31.7 Å². The van der Waals surface area contributed by atoms with Crippen molar-refractivity contribution in [3.8, 4) is 0 Å². The molecule has 0 aromatic heterocycles. The van der Waals surface area contributed by atoms with Crippen molar-refractivity contribution in [2.24, 2.45) is 0 Å². The maximum Gasteiger partial charge on any atom is 0.317 e. The molecule has 0 aromatic carbocycles. The molecule has 1 amide bonds. The van der Waals surface area contributed by atoms with Crippen molar-refractivity contribution >= 4 is 11.9 Å². The Morgan fingerprint density at radius 3 is 2.56 bits per heavy atom. The molecule has 1 saturated carbocycles. The minimum Gasteiger partial charge on any atom is -0.480 e. The number of hydrogen-bond acceptors (Lipinski definition) is 4. The van der Waals surface area contributed by atoms with Crippen LogP contribution in [0.15, 0.2) is 0 Å². The molecular formula is C12H22N2O4. The van der Waals surface area contributed by atoms with Gasteiger partial charge in [-0.2, -0.15) is 0 Å². The summed E-state index contributed by atoms with van der Waals surface area (Å²) in [5.74, 6) is -1.02. The second-order valence-electron chi connectivity index (χ2n) is 4.58. The fourth-order valence-electron chi connectivity index (χ4n) is 2.29. The van der Waals surface area contributed by atoms with E-state index in [0.717, 1.165) is 25.7 Å². The molecule has 0 heterocycles. The van der Waals surface area contributed by atoms with Crippen LogP contribution >= 0.6 is 0 Å². The first-order valence-electron chi connectivity index (χ1n) is 6.35. The fourth-order valence-corrected chi connectivity index (χ4v) is 2.29. The van der Waals surface area contributed by atoms with Crippen molar-refractivity contribution in [1.82, 2.24) is 10.2 Å². The van der Waals surface area contributed by atoms with E-state index in [1.54, 1.807) is 12.0 Å². The minimum atomic E-state index is -0.883. The molecule has 104 valence electrons. The number of carbonyl (C=O) groups excluding carboxylic acids is 1. The maximum absolute atomic E-state index is 11.7. The monoisotopic (exact) mass is 258 g/mol. The number of aliphatic carboxylic acids is 1. The molecule has 0 atom stereocenters. The lowest BCUT2D eigenvalue weighted by Gasteiger charge is -2.26. The van der Waals surface area contributed by atoms with Crippen molar-refractivity contribution in [2.75, 3.05) is 33.4 Å². The molecule has 2 N–H and O–H groups in total. The lowest BCUT2D eigenvalue weighted by Crippen LogP contribution is -2.45. The minimum absolute atomic E-state index is 0.0671. The Balaban J connectivity index is 2.39. The van der Waals surface area contributed by atoms with Crippen LogP contribution in [0.25, 0.3) is 0 Å². The molecule has 6 nitrogen and oxygen atoms in total. The zero-order valence-electron chi connectivity index (χ0n) is 10.9. The summed E-state index contributed by atoms with van der Waals surface area (Å²) < 4.78 is 4.84. The van der Waals surface area contributed by atoms with Crippen LogP contribution in [0.5, 0.6) is 0 Å². The molecular weight excluding hydrogens is 236 g/mol. The molecule has 1 aliphatic carbocycles. The van der Waals surface area contributed by atoms with E-state index in [0.29, 0.717) is 13.2 Å². The largest absolute Gasteiger partial charge is 0.480 e. The molecule has 0 radical (unpaired) electrons. The standard InChI is InChI=1S/C12H22N2O4/c1-18-7-6-13-11(15)8-14(9-12(16)17)10-4-2-3-5-10/h10H,2-9H2,1H3,(H,13,15)(H,16,17). The quantitative estimate of drug-likeness (QED) is 0.603. The smallest absolute Gasteiger partial charge is 0.317 e. The Morgan fingerprint density at radius 1 is 1.33 bits per heavy atom. The normalized spacial score (nSPS) is 16.1. The van der Waals surface area contributed by atoms with Gasteiger partial charge in [0.25, 0.3) is 0 Å². The van der Waals surface area contributed by atoms with Crippen molar-refractivity contribution in [3.63, 3.8) is 0 Å². The number of carbonyl (C=O) groups is 2. The third-order valence-corrected chi connectivity index (χ3v) is 3.15. The number of amides is 1. The highest BCUT2D eigenvalue weighted by molar-refractivity contribution is 5.79. The van der Waals surface area contributed by atoms with Gasteiger partial charge in [-0.3, -0.25) is 14.5 Å². The first kappa shape index (κ1) is 14.9. The van der Waals surface area contributed by atoms with Gasteiger partial charge < -0.3 is 15.2 Å². The van der Waals surface area contributed by atoms with Crippen molar-refractivity contribution in [3.05, 3.63) is 0 Å². The summed E-state index contributed by atoms with van der Waals surface area (Å²) in [5.41, 5.74) is 0. The highest BCUT2D eigenvalue weighted by Gasteiger charge is 2.25. The number of nitrogens with one attached hydrogen (secondary N) is 1. The topological polar surface area (TPSA) is 78.9 Å². The summed E-state index contributed by atoms with van der Waals surface area (Å²) in [5, 5.41) is 11.6. The summed E-state index contributed by atoms with van der Waals surface area (Å²) in [6.07, 6.45) is 4.20. The van der Waals surface area contributed by atoms with E-state index in [4.69, 9.17) is 9.84 Å². The molecule has 6 heteroatoms. The van der Waals surface area contributed by atoms with E-state index in [1.165, 1.54) is 0 Å². The molecule has 0 saturated heterocycles. The Bertz CT molecular complexity index is 277. The van der Waals surface area contributed by atoms with Crippen molar-refractivity contribution in [1.29, 1.82) is 0 Å². The van der Waals surface area contributed by atoms with E-state index in [-0.39, 0.29) is 25.0 Å². The fraction of sp³-hybridized carbons (Fsp3) is 0.833. The van der Waals surface area contributed by atoms with E-state index < -0.39 is 5.97 Å². The van der Waals surface area contributed by atoms with E-state index in [1.807, 2.05) is 0 Å². The molecule has 1 fully saturated rings. The van der Waals surface area contributed by atoms with Gasteiger partial charge in [-0.25, -0.2) is 0 Å². The number of nitrogens with zero attached hydrogens (tertiary/aromatic N) is 1. The predicted molar refractivity (Wildman–Crippen MR) is 66.4 cm³/mol. The van der Waals surface area contributed by atoms with Gasteiger partial charge in [0.05, 0.1) is 19.7 Å². The summed E-state index contributed by atoms with van der Waals surface area (Å²) >= 11 is 0. The first-order chi connectivity index (χ1) is 8.63. The van der Waals surface area contributed by atoms with Gasteiger partial charge >= 0.3 is 5.97 Å². The third kappa shape index (κ3) is 5.46. The number of carboxylic acids is 1. The lowest BCUT2D eigenvalue weighted by molar-refractivity contribution is -0.139. The molecule has 0 spiro atoms. The molecule has 1 rings (SSSR count). The lowest BCUT2D eigenvalue weighted by atomic mass is 10.2. The van der Waals surface area contributed by atoms with E-state index in [2.05, 4.69) is 5.32 Å². The van der Waals surface area contributed by atoms with Crippen LogP contribution in [0.2, 0.25) is 0 Å². The Hall–Kier alpha value is -1.14. The molecule has 1 aliphatic rings. The highest BCUT2D eigenvalue weighted by atomic mass is 16.5. The van der Waals surface area contributed by atoms with Crippen LogP contribution in [0.3, 0.4) is 0 Å². The summed E-state index contributed by atoms with van der Waals surface area (Å²) in [4.78, 5) is 24.2. The maximum atomic E-state index is 11.7. The SMILES string of the molecule is COCCNC(=O)CN(CC(=O)O)C1CCCC1. The van der Waals surface area contributed by atoms with Crippen LogP contribution in [0.1, 0.15) is 25.7 Å². The Kier molecular flexibility index (Phi) is 6.67. The summed E-state index contributed by atoms with van der Waals surface area (Å²) in [6.45, 7) is 1.01. The summed E-state index contributed by atoms with van der Waals surface area (Å²) in [7, 11) is 1.57.